The van der Waals surface area contributed by atoms with Crippen molar-refractivity contribution >= 4 is 17.7 Å². The number of nitrogens with one attached hydrogen (secondary N) is 3. The largest absolute Gasteiger partial charge is 0.357 e. The first-order valence-corrected chi connectivity index (χ1v) is 6.07. The van der Waals surface area contributed by atoms with Crippen LogP contribution in [0, 0.1) is 5.92 Å². The molecule has 0 fully saturated rings. The molecule has 0 aromatic heterocycles. The van der Waals surface area contributed by atoms with Gasteiger partial charge in [0.2, 0.25) is 17.7 Å². The van der Waals surface area contributed by atoms with E-state index in [1.54, 1.807) is 6.92 Å². The van der Waals surface area contributed by atoms with E-state index in [-0.39, 0.29) is 23.6 Å². The van der Waals surface area contributed by atoms with Crippen LogP contribution in [0.25, 0.3) is 0 Å². The van der Waals surface area contributed by atoms with Crippen molar-refractivity contribution in [3.05, 3.63) is 0 Å². The van der Waals surface area contributed by atoms with Crippen LogP contribution in [0.3, 0.4) is 0 Å². The third-order valence-corrected chi connectivity index (χ3v) is 2.40. The van der Waals surface area contributed by atoms with E-state index >= 15 is 0 Å². The minimum absolute atomic E-state index is 0.261. The predicted molar refractivity (Wildman–Crippen MR) is 68.7 cm³/mol. The molecule has 0 bridgehead atoms. The highest BCUT2D eigenvalue weighted by Crippen LogP contribution is 2.05. The zero-order chi connectivity index (χ0) is 14.3. The van der Waals surface area contributed by atoms with Gasteiger partial charge in [-0.2, -0.15) is 0 Å². The molecule has 0 heterocycles. The number of hydrogen-bond acceptors (Lipinski definition) is 3. The molecule has 0 aliphatic rings. The van der Waals surface area contributed by atoms with E-state index in [2.05, 4.69) is 16.0 Å². The van der Waals surface area contributed by atoms with Crippen LogP contribution in [0.15, 0.2) is 0 Å². The van der Waals surface area contributed by atoms with Crippen molar-refractivity contribution in [3.63, 3.8) is 0 Å². The van der Waals surface area contributed by atoms with Gasteiger partial charge in [-0.15, -0.1) is 0 Å². The monoisotopic (exact) mass is 257 g/mol. The summed E-state index contributed by atoms with van der Waals surface area (Å²) in [4.78, 5) is 34.3. The van der Waals surface area contributed by atoms with Gasteiger partial charge < -0.3 is 16.0 Å². The van der Waals surface area contributed by atoms with Crippen LogP contribution in [0.4, 0.5) is 0 Å². The smallest absolute Gasteiger partial charge is 0.243 e. The van der Waals surface area contributed by atoms with E-state index in [9.17, 15) is 14.4 Å². The minimum Gasteiger partial charge on any atom is -0.357 e. The van der Waals surface area contributed by atoms with Crippen LogP contribution in [0.1, 0.15) is 34.1 Å². The molecule has 0 spiro atoms. The second-order valence-electron chi connectivity index (χ2n) is 4.73. The molecule has 6 heteroatoms. The highest BCUT2D eigenvalue weighted by Gasteiger charge is 2.23. The molecule has 18 heavy (non-hydrogen) atoms. The lowest BCUT2D eigenvalue weighted by molar-refractivity contribution is -0.131. The quantitative estimate of drug-likeness (QED) is 0.615. The van der Waals surface area contributed by atoms with Gasteiger partial charge in [0.1, 0.15) is 12.1 Å². The fourth-order valence-electron chi connectivity index (χ4n) is 1.54. The average Bonchev–Trinajstić information content (AvgIpc) is 2.25. The average molecular weight is 257 g/mol. The molecule has 0 unspecified atom stereocenters. The Bertz CT molecular complexity index is 316. The first kappa shape index (κ1) is 16.4. The summed E-state index contributed by atoms with van der Waals surface area (Å²) in [5.74, 6) is -0.601. The fraction of sp³-hybridized carbons (Fsp3) is 0.750. The van der Waals surface area contributed by atoms with Gasteiger partial charge in [0.25, 0.3) is 0 Å². The lowest BCUT2D eigenvalue weighted by Gasteiger charge is -2.21. The second-order valence-corrected chi connectivity index (χ2v) is 4.73. The third-order valence-electron chi connectivity index (χ3n) is 2.40. The van der Waals surface area contributed by atoms with Crippen molar-refractivity contribution in [2.75, 3.05) is 7.05 Å². The lowest BCUT2D eigenvalue weighted by Crippen LogP contribution is -2.52. The van der Waals surface area contributed by atoms with Gasteiger partial charge in [0.05, 0.1) is 0 Å². The molecule has 0 aliphatic carbocycles. The molecule has 0 saturated heterocycles. The molecule has 0 aromatic carbocycles. The summed E-state index contributed by atoms with van der Waals surface area (Å²) < 4.78 is 0. The molecule has 0 saturated carbocycles. The van der Waals surface area contributed by atoms with Crippen LogP contribution in [-0.4, -0.2) is 36.9 Å². The minimum atomic E-state index is -0.620. The van der Waals surface area contributed by atoms with Gasteiger partial charge in [-0.1, -0.05) is 13.8 Å². The molecule has 0 aliphatic heterocycles. The van der Waals surface area contributed by atoms with Gasteiger partial charge in [-0.25, -0.2) is 0 Å². The summed E-state index contributed by atoms with van der Waals surface area (Å²) in [7, 11) is 1.50. The van der Waals surface area contributed by atoms with Crippen molar-refractivity contribution in [2.45, 2.75) is 46.2 Å². The van der Waals surface area contributed by atoms with Gasteiger partial charge in [-0.05, 0) is 19.3 Å². The molecule has 3 N–H and O–H groups in total. The van der Waals surface area contributed by atoms with Gasteiger partial charge in [0.15, 0.2) is 0 Å². The maximum absolute atomic E-state index is 11.9. The number of hydrogen-bond donors (Lipinski definition) is 3. The van der Waals surface area contributed by atoms with E-state index in [1.165, 1.54) is 14.0 Å². The van der Waals surface area contributed by atoms with Gasteiger partial charge in [0, 0.05) is 14.0 Å². The Balaban J connectivity index is 4.54. The second kappa shape index (κ2) is 7.68. The topological polar surface area (TPSA) is 87.3 Å². The molecule has 104 valence electrons. The summed E-state index contributed by atoms with van der Waals surface area (Å²) in [6, 6.07) is -1.22. The van der Waals surface area contributed by atoms with Crippen molar-refractivity contribution in [2.24, 2.45) is 5.92 Å². The molecule has 2 atom stereocenters. The van der Waals surface area contributed by atoms with Crippen molar-refractivity contribution < 1.29 is 14.4 Å². The SMILES string of the molecule is CNC(=O)[C@H](C)NC(=O)[C@H](CC(C)C)NC(C)=O. The maximum Gasteiger partial charge on any atom is 0.243 e. The summed E-state index contributed by atoms with van der Waals surface area (Å²) in [5, 5.41) is 7.62. The zero-order valence-electron chi connectivity index (χ0n) is 11.7. The number of amides is 3. The summed E-state index contributed by atoms with van der Waals surface area (Å²) in [5.41, 5.74) is 0. The number of carbonyl (C=O) groups excluding carboxylic acids is 3. The van der Waals surface area contributed by atoms with Gasteiger partial charge in [-0.3, -0.25) is 14.4 Å². The highest BCUT2D eigenvalue weighted by atomic mass is 16.2. The fourth-order valence-corrected chi connectivity index (χ4v) is 1.54. The Kier molecular flexibility index (Phi) is 7.00. The number of carbonyl (C=O) groups is 3. The van der Waals surface area contributed by atoms with Crippen molar-refractivity contribution in [3.8, 4) is 0 Å². The lowest BCUT2D eigenvalue weighted by atomic mass is 10.0. The van der Waals surface area contributed by atoms with E-state index < -0.39 is 12.1 Å². The van der Waals surface area contributed by atoms with E-state index in [1.807, 2.05) is 13.8 Å². The Morgan fingerprint density at radius 2 is 1.56 bits per heavy atom. The van der Waals surface area contributed by atoms with Gasteiger partial charge >= 0.3 is 0 Å². The Morgan fingerprint density at radius 1 is 1.00 bits per heavy atom. The van der Waals surface area contributed by atoms with E-state index in [0.29, 0.717) is 6.42 Å². The van der Waals surface area contributed by atoms with E-state index in [4.69, 9.17) is 0 Å². The predicted octanol–water partition coefficient (Wildman–Crippen LogP) is -0.212. The van der Waals surface area contributed by atoms with Crippen LogP contribution in [0.2, 0.25) is 0 Å². The number of rotatable bonds is 6. The van der Waals surface area contributed by atoms with E-state index in [0.717, 1.165) is 0 Å². The first-order chi connectivity index (χ1) is 8.27. The molecule has 0 aromatic rings. The Labute approximate surface area is 108 Å². The van der Waals surface area contributed by atoms with Crippen molar-refractivity contribution in [1.82, 2.24) is 16.0 Å². The van der Waals surface area contributed by atoms with Crippen molar-refractivity contribution in [1.29, 1.82) is 0 Å². The summed E-state index contributed by atoms with van der Waals surface area (Å²) in [6.07, 6.45) is 0.534. The van der Waals surface area contributed by atoms with Crippen LogP contribution >= 0.6 is 0 Å². The van der Waals surface area contributed by atoms with Crippen LogP contribution in [0.5, 0.6) is 0 Å². The normalized spacial score (nSPS) is 13.7. The summed E-state index contributed by atoms with van der Waals surface area (Å²) >= 11 is 0. The molecule has 0 rings (SSSR count). The first-order valence-electron chi connectivity index (χ1n) is 6.07. The standard InChI is InChI=1S/C12H23N3O3/c1-7(2)6-10(15-9(4)16)12(18)14-8(3)11(17)13-5/h7-8,10H,6H2,1-5H3,(H,13,17)(H,14,18)(H,15,16)/t8-,10-/m0/s1. The zero-order valence-corrected chi connectivity index (χ0v) is 11.7. The van der Waals surface area contributed by atoms with Crippen LogP contribution < -0.4 is 16.0 Å². The highest BCUT2D eigenvalue weighted by molar-refractivity contribution is 5.91. The Hall–Kier alpha value is -1.59. The molecular weight excluding hydrogens is 234 g/mol. The third kappa shape index (κ3) is 6.22. The number of likely N-dealkylation sites (N-methyl/N-ethyl adjacent to an activating group) is 1. The molecule has 6 nitrogen and oxygen atoms in total. The molecule has 3 amide bonds. The molecular formula is C12H23N3O3. The Morgan fingerprint density at radius 3 is 1.94 bits per heavy atom. The maximum atomic E-state index is 11.9. The summed E-state index contributed by atoms with van der Waals surface area (Å²) in [6.45, 7) is 6.88. The van der Waals surface area contributed by atoms with Crippen LogP contribution in [-0.2, 0) is 14.4 Å². The molecule has 0 radical (unpaired) electrons.